The number of rotatable bonds is 3. The van der Waals surface area contributed by atoms with Gasteiger partial charge >= 0.3 is 5.97 Å². The predicted molar refractivity (Wildman–Crippen MR) is 85.3 cm³/mol. The van der Waals surface area contributed by atoms with E-state index in [1.165, 1.54) is 10.8 Å². The van der Waals surface area contributed by atoms with E-state index in [9.17, 15) is 4.79 Å². The Morgan fingerprint density at radius 3 is 2.24 bits per heavy atom. The fourth-order valence-corrected chi connectivity index (χ4v) is 2.29. The van der Waals surface area contributed by atoms with E-state index >= 15 is 0 Å². The van der Waals surface area contributed by atoms with E-state index in [1.807, 2.05) is 36.4 Å². The molecule has 21 heavy (non-hydrogen) atoms. The summed E-state index contributed by atoms with van der Waals surface area (Å²) in [6, 6.07) is 22.3. The van der Waals surface area contributed by atoms with Crippen molar-refractivity contribution >= 4 is 16.7 Å². The third-order valence-electron chi connectivity index (χ3n) is 3.46. The molecule has 2 nitrogen and oxygen atoms in total. The number of carbonyl (C=O) groups is 1. The third kappa shape index (κ3) is 2.95. The number of ether oxygens (including phenoxy) is 1. The highest BCUT2D eigenvalue weighted by Gasteiger charge is 2.03. The number of esters is 1. The van der Waals surface area contributed by atoms with Crippen molar-refractivity contribution in [1.29, 1.82) is 0 Å². The first-order chi connectivity index (χ1) is 10.3. The highest BCUT2D eigenvalue weighted by Crippen LogP contribution is 2.26. The molecule has 0 aromatic heterocycles. The van der Waals surface area contributed by atoms with Crippen molar-refractivity contribution in [3.8, 4) is 16.9 Å². The molecule has 0 N–H and O–H groups in total. The molecule has 0 aliphatic carbocycles. The lowest BCUT2D eigenvalue weighted by molar-refractivity contribution is -0.134. The lowest BCUT2D eigenvalue weighted by atomic mass is 10.0. The van der Waals surface area contributed by atoms with Crippen LogP contribution in [0.5, 0.6) is 5.75 Å². The van der Waals surface area contributed by atoms with E-state index in [1.54, 1.807) is 6.92 Å². The molecule has 0 radical (unpaired) electrons. The van der Waals surface area contributed by atoms with Gasteiger partial charge in [-0.05, 0) is 40.1 Å². The predicted octanol–water partition coefficient (Wildman–Crippen LogP) is 4.82. The third-order valence-corrected chi connectivity index (χ3v) is 3.46. The van der Waals surface area contributed by atoms with Crippen LogP contribution in [0, 0.1) is 0 Å². The minimum absolute atomic E-state index is 0.214. The number of hydrogen-bond donors (Lipinski definition) is 0. The van der Waals surface area contributed by atoms with E-state index in [0.29, 0.717) is 12.2 Å². The second kappa shape index (κ2) is 5.80. The number of carbonyl (C=O) groups excluding carboxylic acids is 1. The van der Waals surface area contributed by atoms with Crippen LogP contribution in [-0.4, -0.2) is 5.97 Å². The standard InChI is InChI=1S/C19H16O2/c1-2-19(20)21-18-11-9-15(10-12-18)17-8-7-14-5-3-4-6-16(14)13-17/h3-13H,2H2,1H3. The van der Waals surface area contributed by atoms with Gasteiger partial charge in [-0.15, -0.1) is 0 Å². The van der Waals surface area contributed by atoms with Crippen molar-refractivity contribution in [3.05, 3.63) is 66.7 Å². The van der Waals surface area contributed by atoms with Crippen LogP contribution in [0.3, 0.4) is 0 Å². The van der Waals surface area contributed by atoms with Gasteiger partial charge in [-0.3, -0.25) is 4.79 Å². The summed E-state index contributed by atoms with van der Waals surface area (Å²) in [7, 11) is 0. The fraction of sp³-hybridized carbons (Fsp3) is 0.105. The van der Waals surface area contributed by atoms with Crippen LogP contribution in [0.4, 0.5) is 0 Å². The first-order valence-corrected chi connectivity index (χ1v) is 7.06. The Balaban J connectivity index is 1.90. The van der Waals surface area contributed by atoms with Crippen LogP contribution in [0.2, 0.25) is 0 Å². The van der Waals surface area contributed by atoms with E-state index in [2.05, 4.69) is 30.3 Å². The molecular weight excluding hydrogens is 260 g/mol. The van der Waals surface area contributed by atoms with Gasteiger partial charge in [0.25, 0.3) is 0 Å². The fourth-order valence-electron chi connectivity index (χ4n) is 2.29. The van der Waals surface area contributed by atoms with Gasteiger partial charge in [0.05, 0.1) is 0 Å². The molecule has 3 aromatic carbocycles. The maximum Gasteiger partial charge on any atom is 0.310 e. The smallest absolute Gasteiger partial charge is 0.310 e. The molecule has 0 heterocycles. The summed E-state index contributed by atoms with van der Waals surface area (Å²) in [5, 5.41) is 2.45. The number of benzene rings is 3. The molecule has 0 bridgehead atoms. The monoisotopic (exact) mass is 276 g/mol. The Morgan fingerprint density at radius 2 is 1.52 bits per heavy atom. The van der Waals surface area contributed by atoms with Gasteiger partial charge in [0.15, 0.2) is 0 Å². The largest absolute Gasteiger partial charge is 0.427 e. The molecule has 0 aliphatic heterocycles. The van der Waals surface area contributed by atoms with Crippen molar-refractivity contribution in [2.24, 2.45) is 0 Å². The van der Waals surface area contributed by atoms with E-state index < -0.39 is 0 Å². The average Bonchev–Trinajstić information content (AvgIpc) is 2.55. The second-order valence-corrected chi connectivity index (χ2v) is 4.91. The molecule has 0 fully saturated rings. The highest BCUT2D eigenvalue weighted by atomic mass is 16.5. The van der Waals surface area contributed by atoms with Gasteiger partial charge in [0, 0.05) is 6.42 Å². The van der Waals surface area contributed by atoms with Crippen LogP contribution in [-0.2, 0) is 4.79 Å². The molecule has 3 aromatic rings. The first-order valence-electron chi connectivity index (χ1n) is 7.06. The van der Waals surface area contributed by atoms with Crippen molar-refractivity contribution < 1.29 is 9.53 Å². The van der Waals surface area contributed by atoms with E-state index in [-0.39, 0.29) is 5.97 Å². The van der Waals surface area contributed by atoms with Crippen LogP contribution in [0.1, 0.15) is 13.3 Å². The van der Waals surface area contributed by atoms with Crippen molar-refractivity contribution in [2.75, 3.05) is 0 Å². The topological polar surface area (TPSA) is 26.3 Å². The van der Waals surface area contributed by atoms with Crippen molar-refractivity contribution in [1.82, 2.24) is 0 Å². The van der Waals surface area contributed by atoms with E-state index in [0.717, 1.165) is 11.1 Å². The maximum atomic E-state index is 11.3. The molecule has 0 saturated heterocycles. The molecule has 0 saturated carbocycles. The maximum absolute atomic E-state index is 11.3. The Labute approximate surface area is 124 Å². The zero-order valence-corrected chi connectivity index (χ0v) is 11.9. The lowest BCUT2D eigenvalue weighted by Crippen LogP contribution is -2.05. The highest BCUT2D eigenvalue weighted by molar-refractivity contribution is 5.87. The summed E-state index contributed by atoms with van der Waals surface area (Å²) < 4.78 is 5.19. The zero-order chi connectivity index (χ0) is 14.7. The second-order valence-electron chi connectivity index (χ2n) is 4.91. The summed E-state index contributed by atoms with van der Waals surface area (Å²) in [5.74, 6) is 0.375. The molecule has 0 spiro atoms. The Bertz CT molecular complexity index is 773. The first kappa shape index (κ1) is 13.4. The molecule has 3 rings (SSSR count). The molecule has 104 valence electrons. The molecule has 0 aliphatic rings. The summed E-state index contributed by atoms with van der Waals surface area (Å²) in [6.07, 6.45) is 0.381. The van der Waals surface area contributed by atoms with Gasteiger partial charge in [-0.1, -0.05) is 55.5 Å². The lowest BCUT2D eigenvalue weighted by Gasteiger charge is -2.06. The van der Waals surface area contributed by atoms with Crippen molar-refractivity contribution in [2.45, 2.75) is 13.3 Å². The molecule has 2 heteroatoms. The van der Waals surface area contributed by atoms with Crippen LogP contribution in [0.25, 0.3) is 21.9 Å². The van der Waals surface area contributed by atoms with Gasteiger partial charge in [-0.2, -0.15) is 0 Å². The van der Waals surface area contributed by atoms with Crippen molar-refractivity contribution in [3.63, 3.8) is 0 Å². The molecular formula is C19H16O2. The molecule has 0 amide bonds. The Morgan fingerprint density at radius 1 is 0.857 bits per heavy atom. The Kier molecular flexibility index (Phi) is 3.69. The minimum atomic E-state index is -0.214. The summed E-state index contributed by atoms with van der Waals surface area (Å²) in [5.41, 5.74) is 2.26. The van der Waals surface area contributed by atoms with Crippen LogP contribution >= 0.6 is 0 Å². The van der Waals surface area contributed by atoms with Gasteiger partial charge in [0.2, 0.25) is 0 Å². The average molecular weight is 276 g/mol. The van der Waals surface area contributed by atoms with E-state index in [4.69, 9.17) is 4.74 Å². The number of hydrogen-bond acceptors (Lipinski definition) is 2. The normalized spacial score (nSPS) is 10.5. The summed E-state index contributed by atoms with van der Waals surface area (Å²) in [6.45, 7) is 1.78. The molecule has 0 unspecified atom stereocenters. The molecule has 0 atom stereocenters. The number of fused-ring (bicyclic) bond motifs is 1. The summed E-state index contributed by atoms with van der Waals surface area (Å²) in [4.78, 5) is 11.3. The minimum Gasteiger partial charge on any atom is -0.427 e. The van der Waals surface area contributed by atoms with Gasteiger partial charge in [-0.25, -0.2) is 0 Å². The van der Waals surface area contributed by atoms with Crippen LogP contribution in [0.15, 0.2) is 66.7 Å². The van der Waals surface area contributed by atoms with Crippen LogP contribution < -0.4 is 4.74 Å². The Hall–Kier alpha value is -2.61. The van der Waals surface area contributed by atoms with Gasteiger partial charge < -0.3 is 4.74 Å². The summed E-state index contributed by atoms with van der Waals surface area (Å²) >= 11 is 0. The van der Waals surface area contributed by atoms with Gasteiger partial charge in [0.1, 0.15) is 5.75 Å². The SMILES string of the molecule is CCC(=O)Oc1ccc(-c2ccc3ccccc3c2)cc1. The zero-order valence-electron chi connectivity index (χ0n) is 11.9. The quantitative estimate of drug-likeness (QED) is 0.506.